The van der Waals surface area contributed by atoms with Gasteiger partial charge in [0.05, 0.1) is 0 Å². The molecule has 1 aromatic carbocycles. The van der Waals surface area contributed by atoms with Crippen molar-refractivity contribution in [3.8, 4) is 11.4 Å². The number of aromatic nitrogens is 3. The standard InChI is InChI=1S/C15H10ClN3O/c16-13-4-2-1-3-11(13)5-6-14-18-15(19-20-14)12-7-9-17-10-8-12/h1-10H. The number of pyridine rings is 1. The van der Waals surface area contributed by atoms with E-state index in [9.17, 15) is 0 Å². The Hall–Kier alpha value is -2.46. The normalized spacial score (nSPS) is 11.1. The molecule has 0 N–H and O–H groups in total. The van der Waals surface area contributed by atoms with Gasteiger partial charge < -0.3 is 4.52 Å². The van der Waals surface area contributed by atoms with E-state index in [1.165, 1.54) is 0 Å². The van der Waals surface area contributed by atoms with Crippen molar-refractivity contribution < 1.29 is 4.52 Å². The maximum Gasteiger partial charge on any atom is 0.250 e. The van der Waals surface area contributed by atoms with Crippen LogP contribution in [-0.2, 0) is 0 Å². The minimum Gasteiger partial charge on any atom is -0.334 e. The van der Waals surface area contributed by atoms with Crippen LogP contribution in [0.3, 0.4) is 0 Å². The summed E-state index contributed by atoms with van der Waals surface area (Å²) in [5.41, 5.74) is 1.76. The lowest BCUT2D eigenvalue weighted by Crippen LogP contribution is -1.80. The molecule has 0 fully saturated rings. The van der Waals surface area contributed by atoms with Gasteiger partial charge in [0.1, 0.15) is 0 Å². The van der Waals surface area contributed by atoms with Crippen LogP contribution in [-0.4, -0.2) is 15.1 Å². The van der Waals surface area contributed by atoms with Gasteiger partial charge in [0.2, 0.25) is 5.82 Å². The first-order chi connectivity index (χ1) is 9.83. The second-order valence-corrected chi connectivity index (χ2v) is 4.45. The predicted molar refractivity (Wildman–Crippen MR) is 77.9 cm³/mol. The van der Waals surface area contributed by atoms with Crippen LogP contribution in [0.4, 0.5) is 0 Å². The second kappa shape index (κ2) is 5.67. The molecule has 0 amide bonds. The number of benzene rings is 1. The summed E-state index contributed by atoms with van der Waals surface area (Å²) < 4.78 is 5.17. The molecule has 0 saturated carbocycles. The first-order valence-electron chi connectivity index (χ1n) is 5.99. The molecular weight excluding hydrogens is 274 g/mol. The van der Waals surface area contributed by atoms with Crippen LogP contribution in [0.5, 0.6) is 0 Å². The molecule has 0 aliphatic carbocycles. The molecular formula is C15H10ClN3O. The van der Waals surface area contributed by atoms with Crippen LogP contribution in [0.15, 0.2) is 53.3 Å². The molecule has 3 aromatic rings. The SMILES string of the molecule is Clc1ccccc1C=Cc1nc(-c2ccncc2)no1. The summed E-state index contributed by atoms with van der Waals surface area (Å²) in [4.78, 5) is 8.24. The van der Waals surface area contributed by atoms with Gasteiger partial charge in [0.15, 0.2) is 0 Å². The van der Waals surface area contributed by atoms with Gasteiger partial charge in [-0.2, -0.15) is 4.98 Å². The van der Waals surface area contributed by atoms with E-state index in [0.717, 1.165) is 11.1 Å². The lowest BCUT2D eigenvalue weighted by atomic mass is 10.2. The zero-order valence-corrected chi connectivity index (χ0v) is 11.2. The molecule has 0 atom stereocenters. The molecule has 0 unspecified atom stereocenters. The van der Waals surface area contributed by atoms with E-state index in [-0.39, 0.29) is 0 Å². The van der Waals surface area contributed by atoms with E-state index >= 15 is 0 Å². The highest BCUT2D eigenvalue weighted by Crippen LogP contribution is 2.19. The van der Waals surface area contributed by atoms with Gasteiger partial charge >= 0.3 is 0 Å². The van der Waals surface area contributed by atoms with Crippen LogP contribution >= 0.6 is 11.6 Å². The third kappa shape index (κ3) is 2.75. The van der Waals surface area contributed by atoms with Crippen LogP contribution in [0.2, 0.25) is 5.02 Å². The Balaban J connectivity index is 1.83. The Morgan fingerprint density at radius 3 is 2.60 bits per heavy atom. The van der Waals surface area contributed by atoms with Crippen molar-refractivity contribution in [2.45, 2.75) is 0 Å². The molecule has 20 heavy (non-hydrogen) atoms. The Bertz CT molecular complexity index is 738. The molecule has 0 spiro atoms. The Labute approximate surface area is 120 Å². The lowest BCUT2D eigenvalue weighted by molar-refractivity contribution is 0.411. The maximum absolute atomic E-state index is 6.07. The highest BCUT2D eigenvalue weighted by molar-refractivity contribution is 6.32. The van der Waals surface area contributed by atoms with Crippen molar-refractivity contribution in [2.75, 3.05) is 0 Å². The van der Waals surface area contributed by atoms with Gasteiger partial charge in [-0.15, -0.1) is 0 Å². The topological polar surface area (TPSA) is 51.8 Å². The summed E-state index contributed by atoms with van der Waals surface area (Å²) in [5.74, 6) is 0.961. The van der Waals surface area contributed by atoms with Gasteiger partial charge in [-0.3, -0.25) is 4.98 Å². The molecule has 0 radical (unpaired) electrons. The van der Waals surface area contributed by atoms with E-state index in [1.807, 2.05) is 42.5 Å². The van der Waals surface area contributed by atoms with Gasteiger partial charge in [0, 0.05) is 29.1 Å². The Morgan fingerprint density at radius 1 is 1.00 bits per heavy atom. The molecule has 4 nitrogen and oxygen atoms in total. The zero-order chi connectivity index (χ0) is 13.8. The summed E-state index contributed by atoms with van der Waals surface area (Å²) >= 11 is 6.07. The highest BCUT2D eigenvalue weighted by atomic mass is 35.5. The summed E-state index contributed by atoms with van der Waals surface area (Å²) in [6.45, 7) is 0. The van der Waals surface area contributed by atoms with Gasteiger partial charge in [-0.25, -0.2) is 0 Å². The number of halogens is 1. The molecule has 0 aliphatic rings. The average molecular weight is 284 g/mol. The van der Waals surface area contributed by atoms with Gasteiger partial charge in [-0.1, -0.05) is 35.0 Å². The fourth-order valence-electron chi connectivity index (χ4n) is 1.69. The zero-order valence-electron chi connectivity index (χ0n) is 10.4. The van der Waals surface area contributed by atoms with Crippen LogP contribution in [0, 0.1) is 0 Å². The number of hydrogen-bond acceptors (Lipinski definition) is 4. The largest absolute Gasteiger partial charge is 0.334 e. The van der Waals surface area contributed by atoms with Crippen molar-refractivity contribution >= 4 is 23.8 Å². The minimum absolute atomic E-state index is 0.428. The summed E-state index contributed by atoms with van der Waals surface area (Å²) in [7, 11) is 0. The minimum atomic E-state index is 0.428. The van der Waals surface area contributed by atoms with E-state index < -0.39 is 0 Å². The molecule has 0 saturated heterocycles. The molecule has 2 aromatic heterocycles. The molecule has 0 bridgehead atoms. The number of nitrogens with zero attached hydrogens (tertiary/aromatic N) is 3. The molecule has 5 heteroatoms. The lowest BCUT2D eigenvalue weighted by Gasteiger charge is -1.94. The Morgan fingerprint density at radius 2 is 1.80 bits per heavy atom. The molecule has 0 aliphatic heterocycles. The third-order valence-electron chi connectivity index (χ3n) is 2.69. The highest BCUT2D eigenvalue weighted by Gasteiger charge is 2.05. The van der Waals surface area contributed by atoms with Crippen molar-refractivity contribution in [1.82, 2.24) is 15.1 Å². The maximum atomic E-state index is 6.07. The predicted octanol–water partition coefficient (Wildman–Crippen LogP) is 3.96. The second-order valence-electron chi connectivity index (χ2n) is 4.05. The van der Waals surface area contributed by atoms with Gasteiger partial charge in [0.25, 0.3) is 5.89 Å². The fraction of sp³-hybridized carbons (Fsp3) is 0. The van der Waals surface area contributed by atoms with Gasteiger partial charge in [-0.05, 0) is 29.8 Å². The third-order valence-corrected chi connectivity index (χ3v) is 3.04. The first-order valence-corrected chi connectivity index (χ1v) is 6.37. The first kappa shape index (κ1) is 12.6. The van der Waals surface area contributed by atoms with Crippen LogP contribution < -0.4 is 0 Å². The summed E-state index contributed by atoms with van der Waals surface area (Å²) in [6, 6.07) is 11.2. The quantitative estimate of drug-likeness (QED) is 0.730. The fourth-order valence-corrected chi connectivity index (χ4v) is 1.89. The van der Waals surface area contributed by atoms with Crippen molar-refractivity contribution in [1.29, 1.82) is 0 Å². The van der Waals surface area contributed by atoms with Crippen LogP contribution in [0.1, 0.15) is 11.5 Å². The monoisotopic (exact) mass is 283 g/mol. The smallest absolute Gasteiger partial charge is 0.250 e. The number of hydrogen-bond donors (Lipinski definition) is 0. The average Bonchev–Trinajstić information content (AvgIpc) is 2.96. The summed E-state index contributed by atoms with van der Waals surface area (Å²) in [6.07, 6.45) is 6.95. The molecule has 3 rings (SSSR count). The van der Waals surface area contributed by atoms with E-state index in [0.29, 0.717) is 16.7 Å². The van der Waals surface area contributed by atoms with E-state index in [4.69, 9.17) is 16.1 Å². The number of rotatable bonds is 3. The van der Waals surface area contributed by atoms with Crippen molar-refractivity contribution in [3.63, 3.8) is 0 Å². The Kier molecular flexibility index (Phi) is 3.56. The van der Waals surface area contributed by atoms with Crippen molar-refractivity contribution in [2.24, 2.45) is 0 Å². The van der Waals surface area contributed by atoms with Crippen molar-refractivity contribution in [3.05, 3.63) is 65.3 Å². The van der Waals surface area contributed by atoms with Crippen LogP contribution in [0.25, 0.3) is 23.5 Å². The van der Waals surface area contributed by atoms with E-state index in [2.05, 4.69) is 15.1 Å². The van der Waals surface area contributed by atoms with E-state index in [1.54, 1.807) is 18.5 Å². The molecule has 2 heterocycles. The summed E-state index contributed by atoms with van der Waals surface area (Å²) in [5, 5.41) is 4.60. The molecule has 98 valence electrons.